The van der Waals surface area contributed by atoms with Gasteiger partial charge >= 0.3 is 0 Å². The summed E-state index contributed by atoms with van der Waals surface area (Å²) in [4.78, 5) is 0. The van der Waals surface area contributed by atoms with Crippen LogP contribution in [0.25, 0.3) is 0 Å². The number of rotatable bonds is 6. The van der Waals surface area contributed by atoms with Crippen molar-refractivity contribution in [2.24, 2.45) is 0 Å². The average Bonchev–Trinajstić information content (AvgIpc) is 2.58. The van der Waals surface area contributed by atoms with Gasteiger partial charge in [0.1, 0.15) is 0 Å². The fraction of sp³-hybridized carbons (Fsp3) is 1.00. The van der Waals surface area contributed by atoms with E-state index in [1.807, 2.05) is 0 Å². The zero-order valence-electron chi connectivity index (χ0n) is 10.3. The Labute approximate surface area is 95.1 Å². The van der Waals surface area contributed by atoms with Crippen LogP contribution in [-0.4, -0.2) is 37.9 Å². The van der Waals surface area contributed by atoms with E-state index in [9.17, 15) is 5.11 Å². The van der Waals surface area contributed by atoms with Gasteiger partial charge in [0.15, 0.2) is 9.04 Å². The van der Waals surface area contributed by atoms with Crippen molar-refractivity contribution in [2.45, 2.75) is 57.7 Å². The van der Waals surface area contributed by atoms with Gasteiger partial charge < -0.3 is 9.63 Å². The normalized spacial score (nSPS) is 27.8. The summed E-state index contributed by atoms with van der Waals surface area (Å²) in [6.07, 6.45) is 5.69. The minimum atomic E-state index is -1.04. The second-order valence-electron chi connectivity index (χ2n) is 4.85. The maximum atomic E-state index is 9.62. The molecule has 0 aromatic rings. The van der Waals surface area contributed by atoms with Gasteiger partial charge in [0, 0.05) is 6.54 Å². The predicted molar refractivity (Wildman–Crippen MR) is 65.2 cm³/mol. The molecule has 0 bridgehead atoms. The minimum Gasteiger partial charge on any atom is -0.394 e. The van der Waals surface area contributed by atoms with Gasteiger partial charge in [0.05, 0.1) is 12.1 Å². The van der Waals surface area contributed by atoms with E-state index in [1.165, 1.54) is 12.8 Å². The molecule has 3 nitrogen and oxygen atoms in total. The molecule has 1 fully saturated rings. The summed E-state index contributed by atoms with van der Waals surface area (Å²) in [6.45, 7) is 7.80. The largest absolute Gasteiger partial charge is 0.394 e. The van der Waals surface area contributed by atoms with Gasteiger partial charge in [-0.2, -0.15) is 5.06 Å². The first kappa shape index (κ1) is 13.2. The predicted octanol–water partition coefficient (Wildman–Crippen LogP) is 1.92. The summed E-state index contributed by atoms with van der Waals surface area (Å²) in [5.74, 6) is 0. The Bertz CT molecular complexity index is 189. The lowest BCUT2D eigenvalue weighted by molar-refractivity contribution is -0.142. The summed E-state index contributed by atoms with van der Waals surface area (Å²) in [5.41, 5.74) is -0.0622. The Morgan fingerprint density at radius 1 is 1.47 bits per heavy atom. The summed E-state index contributed by atoms with van der Waals surface area (Å²) in [7, 11) is -1.04. The molecule has 1 rings (SSSR count). The highest BCUT2D eigenvalue weighted by Crippen LogP contribution is 2.34. The molecule has 1 aliphatic heterocycles. The van der Waals surface area contributed by atoms with Crippen LogP contribution in [0.2, 0.25) is 13.1 Å². The minimum absolute atomic E-state index is 0.0622. The van der Waals surface area contributed by atoms with Crippen molar-refractivity contribution in [3.8, 4) is 0 Å². The highest BCUT2D eigenvalue weighted by molar-refractivity contribution is 6.48. The molecule has 0 aromatic carbocycles. The van der Waals surface area contributed by atoms with E-state index in [1.54, 1.807) is 0 Å². The Balaban J connectivity index is 2.59. The van der Waals surface area contributed by atoms with Gasteiger partial charge in [-0.15, -0.1) is 0 Å². The molecule has 90 valence electrons. The van der Waals surface area contributed by atoms with E-state index in [0.29, 0.717) is 0 Å². The third-order valence-electron chi connectivity index (χ3n) is 3.16. The van der Waals surface area contributed by atoms with E-state index in [2.05, 4.69) is 25.1 Å². The molecular weight excluding hydrogens is 206 g/mol. The lowest BCUT2D eigenvalue weighted by atomic mass is 9.92. The van der Waals surface area contributed by atoms with Crippen molar-refractivity contribution in [2.75, 3.05) is 13.2 Å². The average molecular weight is 231 g/mol. The van der Waals surface area contributed by atoms with Crippen LogP contribution in [0, 0.1) is 0 Å². The lowest BCUT2D eigenvalue weighted by Crippen LogP contribution is -2.48. The first-order chi connectivity index (χ1) is 7.14. The standard InChI is InChI=1S/C11H25NO2Si/c1-4-5-7-11(10-13)8-6-9-12(11)14-15(2)3/h13,15H,4-10H2,1-3H3. The van der Waals surface area contributed by atoms with Gasteiger partial charge in [-0.25, -0.2) is 0 Å². The van der Waals surface area contributed by atoms with Crippen LogP contribution in [0.3, 0.4) is 0 Å². The van der Waals surface area contributed by atoms with Crippen LogP contribution in [0.1, 0.15) is 39.0 Å². The molecule has 0 aliphatic carbocycles. The number of aliphatic hydroxyl groups excluding tert-OH is 1. The highest BCUT2D eigenvalue weighted by Gasteiger charge is 2.41. The van der Waals surface area contributed by atoms with Crippen LogP contribution in [0.15, 0.2) is 0 Å². The van der Waals surface area contributed by atoms with E-state index in [4.69, 9.17) is 4.53 Å². The van der Waals surface area contributed by atoms with Crippen LogP contribution in [0.4, 0.5) is 0 Å². The monoisotopic (exact) mass is 231 g/mol. The quantitative estimate of drug-likeness (QED) is 0.709. The number of hydrogen-bond acceptors (Lipinski definition) is 3. The molecule has 1 atom stereocenters. The Morgan fingerprint density at radius 3 is 2.73 bits per heavy atom. The first-order valence-electron chi connectivity index (χ1n) is 6.20. The molecule has 1 N–H and O–H groups in total. The Hall–Kier alpha value is 0.0969. The van der Waals surface area contributed by atoms with Gasteiger partial charge in [-0.05, 0) is 32.4 Å². The SMILES string of the molecule is CCCCC1(CO)CCCN1O[SiH](C)C. The number of unbranched alkanes of at least 4 members (excludes halogenated alkanes) is 1. The second kappa shape index (κ2) is 5.99. The topological polar surface area (TPSA) is 32.7 Å². The molecule has 1 saturated heterocycles. The third kappa shape index (κ3) is 3.28. The Morgan fingerprint density at radius 2 is 2.20 bits per heavy atom. The highest BCUT2D eigenvalue weighted by atomic mass is 28.3. The van der Waals surface area contributed by atoms with Gasteiger partial charge in [0.25, 0.3) is 0 Å². The molecule has 1 heterocycles. The fourth-order valence-corrected chi connectivity index (χ4v) is 3.16. The number of aliphatic hydroxyl groups is 1. The number of hydrogen-bond donors (Lipinski definition) is 1. The summed E-state index contributed by atoms with van der Waals surface area (Å²) in [5, 5.41) is 11.7. The summed E-state index contributed by atoms with van der Waals surface area (Å²) in [6, 6.07) is 0. The summed E-state index contributed by atoms with van der Waals surface area (Å²) >= 11 is 0. The maximum Gasteiger partial charge on any atom is 0.199 e. The van der Waals surface area contributed by atoms with Crippen molar-refractivity contribution in [3.05, 3.63) is 0 Å². The second-order valence-corrected chi connectivity index (χ2v) is 7.15. The zero-order valence-corrected chi connectivity index (χ0v) is 11.5. The molecule has 0 amide bonds. The maximum absolute atomic E-state index is 9.62. The molecular formula is C11H25NO2Si. The molecule has 1 aliphatic rings. The lowest BCUT2D eigenvalue weighted by Gasteiger charge is -2.37. The molecule has 4 heteroatoms. The van der Waals surface area contributed by atoms with Crippen molar-refractivity contribution in [1.82, 2.24) is 5.06 Å². The number of nitrogens with zero attached hydrogens (tertiary/aromatic N) is 1. The van der Waals surface area contributed by atoms with Crippen molar-refractivity contribution in [1.29, 1.82) is 0 Å². The zero-order chi connectivity index (χ0) is 11.3. The van der Waals surface area contributed by atoms with Crippen molar-refractivity contribution < 1.29 is 9.63 Å². The fourth-order valence-electron chi connectivity index (χ4n) is 2.33. The Kier molecular flexibility index (Phi) is 5.25. The van der Waals surface area contributed by atoms with E-state index in [-0.39, 0.29) is 12.1 Å². The first-order valence-corrected chi connectivity index (χ1v) is 8.98. The smallest absolute Gasteiger partial charge is 0.199 e. The van der Waals surface area contributed by atoms with Crippen LogP contribution < -0.4 is 0 Å². The van der Waals surface area contributed by atoms with Gasteiger partial charge in [0.2, 0.25) is 0 Å². The van der Waals surface area contributed by atoms with E-state index < -0.39 is 9.04 Å². The van der Waals surface area contributed by atoms with Crippen LogP contribution >= 0.6 is 0 Å². The molecule has 0 saturated carbocycles. The molecule has 0 aromatic heterocycles. The van der Waals surface area contributed by atoms with Crippen molar-refractivity contribution in [3.63, 3.8) is 0 Å². The van der Waals surface area contributed by atoms with Crippen LogP contribution in [-0.2, 0) is 4.53 Å². The molecule has 0 spiro atoms. The molecule has 15 heavy (non-hydrogen) atoms. The van der Waals surface area contributed by atoms with Gasteiger partial charge in [-0.3, -0.25) is 0 Å². The van der Waals surface area contributed by atoms with Crippen LogP contribution in [0.5, 0.6) is 0 Å². The van der Waals surface area contributed by atoms with E-state index >= 15 is 0 Å². The molecule has 1 unspecified atom stereocenters. The number of hydroxylamine groups is 2. The molecule has 0 radical (unpaired) electrons. The van der Waals surface area contributed by atoms with Gasteiger partial charge in [-0.1, -0.05) is 19.8 Å². The summed E-state index contributed by atoms with van der Waals surface area (Å²) < 4.78 is 5.93. The van der Waals surface area contributed by atoms with E-state index in [0.717, 1.165) is 25.8 Å². The van der Waals surface area contributed by atoms with Crippen molar-refractivity contribution >= 4 is 9.04 Å². The third-order valence-corrected chi connectivity index (χ3v) is 3.84.